The maximum absolute atomic E-state index is 12.7. The molecule has 1 amide bonds. The van der Waals surface area contributed by atoms with Gasteiger partial charge in [-0.05, 0) is 68.4 Å². The first-order valence-corrected chi connectivity index (χ1v) is 9.39. The van der Waals surface area contributed by atoms with E-state index in [-0.39, 0.29) is 5.91 Å². The summed E-state index contributed by atoms with van der Waals surface area (Å²) in [5, 5.41) is 0.660. The Morgan fingerprint density at radius 1 is 1.19 bits per heavy atom. The SMILES string of the molecule is CCOc1ccc(/C=C2\S/C(=N/c3cccc(C)n3)N(CC)C2=O)cc1. The highest BCUT2D eigenvalue weighted by Gasteiger charge is 2.32. The molecule has 134 valence electrons. The molecule has 1 aromatic carbocycles. The molecule has 0 bridgehead atoms. The molecule has 0 atom stereocenters. The number of nitrogens with zero attached hydrogens (tertiary/aromatic N) is 3. The second kappa shape index (κ2) is 8.19. The quantitative estimate of drug-likeness (QED) is 0.735. The number of carbonyl (C=O) groups excluding carboxylic acids is 1. The first-order valence-electron chi connectivity index (χ1n) is 8.57. The molecule has 1 aromatic heterocycles. The highest BCUT2D eigenvalue weighted by atomic mass is 32.2. The van der Waals surface area contributed by atoms with Crippen LogP contribution in [0.3, 0.4) is 0 Å². The predicted molar refractivity (Wildman–Crippen MR) is 107 cm³/mol. The second-order valence-corrected chi connectivity index (χ2v) is 6.70. The highest BCUT2D eigenvalue weighted by molar-refractivity contribution is 8.18. The topological polar surface area (TPSA) is 54.8 Å². The summed E-state index contributed by atoms with van der Waals surface area (Å²) in [6.45, 7) is 7.01. The van der Waals surface area contributed by atoms with Crippen LogP contribution in [0.4, 0.5) is 5.82 Å². The number of rotatable bonds is 5. The van der Waals surface area contributed by atoms with E-state index in [2.05, 4.69) is 9.98 Å². The Hall–Kier alpha value is -2.60. The number of hydrogen-bond acceptors (Lipinski definition) is 5. The average molecular weight is 367 g/mol. The minimum atomic E-state index is -0.0298. The molecule has 0 unspecified atom stereocenters. The van der Waals surface area contributed by atoms with Crippen LogP contribution in [0.5, 0.6) is 5.75 Å². The third-order valence-electron chi connectivity index (χ3n) is 3.78. The fourth-order valence-electron chi connectivity index (χ4n) is 2.54. The molecular formula is C20H21N3O2S. The normalized spacial score (nSPS) is 17.3. The number of thioether (sulfide) groups is 1. The number of ether oxygens (including phenoxy) is 1. The van der Waals surface area contributed by atoms with E-state index in [1.165, 1.54) is 11.8 Å². The lowest BCUT2D eigenvalue weighted by molar-refractivity contribution is -0.122. The van der Waals surface area contributed by atoms with Gasteiger partial charge in [0, 0.05) is 12.2 Å². The number of amidine groups is 1. The van der Waals surface area contributed by atoms with Gasteiger partial charge in [-0.15, -0.1) is 0 Å². The van der Waals surface area contributed by atoms with Crippen molar-refractivity contribution in [3.8, 4) is 5.75 Å². The summed E-state index contributed by atoms with van der Waals surface area (Å²) >= 11 is 1.38. The average Bonchev–Trinajstić information content (AvgIpc) is 2.91. The minimum Gasteiger partial charge on any atom is -0.494 e. The van der Waals surface area contributed by atoms with Gasteiger partial charge in [-0.3, -0.25) is 9.69 Å². The van der Waals surface area contributed by atoms with Crippen molar-refractivity contribution in [1.29, 1.82) is 0 Å². The lowest BCUT2D eigenvalue weighted by Crippen LogP contribution is -2.28. The molecule has 0 spiro atoms. The van der Waals surface area contributed by atoms with Crippen molar-refractivity contribution in [2.24, 2.45) is 4.99 Å². The van der Waals surface area contributed by atoms with Crippen molar-refractivity contribution in [3.63, 3.8) is 0 Å². The summed E-state index contributed by atoms with van der Waals surface area (Å²) in [5.74, 6) is 1.40. The van der Waals surface area contributed by atoms with Crippen molar-refractivity contribution >= 4 is 34.7 Å². The lowest BCUT2D eigenvalue weighted by atomic mass is 10.2. The van der Waals surface area contributed by atoms with Crippen molar-refractivity contribution in [1.82, 2.24) is 9.88 Å². The molecule has 2 heterocycles. The van der Waals surface area contributed by atoms with Crippen molar-refractivity contribution in [2.75, 3.05) is 13.2 Å². The van der Waals surface area contributed by atoms with Gasteiger partial charge in [-0.2, -0.15) is 0 Å². The van der Waals surface area contributed by atoms with E-state index in [9.17, 15) is 4.79 Å². The Morgan fingerprint density at radius 3 is 2.62 bits per heavy atom. The summed E-state index contributed by atoms with van der Waals surface area (Å²) in [5.41, 5.74) is 1.85. The van der Waals surface area contributed by atoms with E-state index in [0.717, 1.165) is 17.0 Å². The summed E-state index contributed by atoms with van der Waals surface area (Å²) in [6, 6.07) is 13.4. The van der Waals surface area contributed by atoms with Crippen LogP contribution in [0.2, 0.25) is 0 Å². The van der Waals surface area contributed by atoms with E-state index in [1.807, 2.05) is 69.3 Å². The van der Waals surface area contributed by atoms with Gasteiger partial charge >= 0.3 is 0 Å². The van der Waals surface area contributed by atoms with Crippen molar-refractivity contribution in [2.45, 2.75) is 20.8 Å². The summed E-state index contributed by atoms with van der Waals surface area (Å²) in [7, 11) is 0. The van der Waals surface area contributed by atoms with Gasteiger partial charge in [0.15, 0.2) is 11.0 Å². The molecule has 1 saturated heterocycles. The number of aromatic nitrogens is 1. The summed E-state index contributed by atoms with van der Waals surface area (Å²) in [4.78, 5) is 24.0. The Labute approximate surface area is 157 Å². The van der Waals surface area contributed by atoms with Gasteiger partial charge in [0.05, 0.1) is 11.5 Å². The molecule has 1 aliphatic rings. The van der Waals surface area contributed by atoms with Crippen LogP contribution in [-0.4, -0.2) is 34.1 Å². The molecule has 1 fully saturated rings. The fourth-order valence-corrected chi connectivity index (χ4v) is 3.59. The van der Waals surface area contributed by atoms with Gasteiger partial charge in [-0.1, -0.05) is 18.2 Å². The molecular weight excluding hydrogens is 346 g/mol. The van der Waals surface area contributed by atoms with Crippen LogP contribution in [0, 0.1) is 6.92 Å². The van der Waals surface area contributed by atoms with Crippen LogP contribution in [0.15, 0.2) is 52.4 Å². The smallest absolute Gasteiger partial charge is 0.266 e. The number of pyridine rings is 1. The molecule has 0 saturated carbocycles. The Morgan fingerprint density at radius 2 is 1.96 bits per heavy atom. The van der Waals surface area contributed by atoms with E-state index >= 15 is 0 Å². The number of benzene rings is 1. The third-order valence-corrected chi connectivity index (χ3v) is 4.78. The fraction of sp³-hybridized carbons (Fsp3) is 0.250. The summed E-state index contributed by atoms with van der Waals surface area (Å²) < 4.78 is 5.45. The zero-order valence-electron chi connectivity index (χ0n) is 15.1. The number of likely N-dealkylation sites (N-methyl/N-ethyl adjacent to an activating group) is 1. The molecule has 5 nitrogen and oxygen atoms in total. The van der Waals surface area contributed by atoms with Crippen LogP contribution in [0.1, 0.15) is 25.1 Å². The highest BCUT2D eigenvalue weighted by Crippen LogP contribution is 2.33. The lowest BCUT2D eigenvalue weighted by Gasteiger charge is -2.11. The van der Waals surface area contributed by atoms with Crippen LogP contribution in [0.25, 0.3) is 6.08 Å². The number of amides is 1. The zero-order valence-corrected chi connectivity index (χ0v) is 15.9. The third kappa shape index (κ3) is 4.14. The van der Waals surface area contributed by atoms with Gasteiger partial charge in [-0.25, -0.2) is 9.98 Å². The van der Waals surface area contributed by atoms with Gasteiger partial charge in [0.25, 0.3) is 5.91 Å². The molecule has 3 rings (SSSR count). The molecule has 6 heteroatoms. The Balaban J connectivity index is 1.86. The maximum Gasteiger partial charge on any atom is 0.266 e. The number of carbonyl (C=O) groups is 1. The monoisotopic (exact) mass is 367 g/mol. The first kappa shape index (κ1) is 18.2. The van der Waals surface area contributed by atoms with Crippen molar-refractivity contribution in [3.05, 3.63) is 58.6 Å². The summed E-state index contributed by atoms with van der Waals surface area (Å²) in [6.07, 6.45) is 1.89. The number of hydrogen-bond donors (Lipinski definition) is 0. The molecule has 0 radical (unpaired) electrons. The van der Waals surface area contributed by atoms with Gasteiger partial charge in [0.2, 0.25) is 0 Å². The minimum absolute atomic E-state index is 0.0298. The molecule has 0 N–H and O–H groups in total. The Kier molecular flexibility index (Phi) is 5.73. The molecule has 0 aliphatic carbocycles. The van der Waals surface area contributed by atoms with E-state index < -0.39 is 0 Å². The largest absolute Gasteiger partial charge is 0.494 e. The van der Waals surface area contributed by atoms with Crippen LogP contribution in [-0.2, 0) is 4.79 Å². The van der Waals surface area contributed by atoms with E-state index in [1.54, 1.807) is 4.90 Å². The van der Waals surface area contributed by atoms with Gasteiger partial charge < -0.3 is 4.74 Å². The van der Waals surface area contributed by atoms with E-state index in [4.69, 9.17) is 4.74 Å². The molecule has 2 aromatic rings. The molecule has 1 aliphatic heterocycles. The van der Waals surface area contributed by atoms with Gasteiger partial charge in [0.1, 0.15) is 5.75 Å². The van der Waals surface area contributed by atoms with Crippen molar-refractivity contribution < 1.29 is 9.53 Å². The first-order chi connectivity index (χ1) is 12.6. The van der Waals surface area contributed by atoms with Crippen LogP contribution >= 0.6 is 11.8 Å². The second-order valence-electron chi connectivity index (χ2n) is 5.69. The molecule has 26 heavy (non-hydrogen) atoms. The maximum atomic E-state index is 12.7. The zero-order chi connectivity index (χ0) is 18.5. The number of aliphatic imine (C=N–C) groups is 1. The van der Waals surface area contributed by atoms with Crippen LogP contribution < -0.4 is 4.74 Å². The van der Waals surface area contributed by atoms with E-state index in [0.29, 0.717) is 29.0 Å². The Bertz CT molecular complexity index is 860. The standard InChI is InChI=1S/C20H21N3O2S/c1-4-23-19(24)17(13-15-9-11-16(12-10-15)25-5-2)26-20(23)22-18-8-6-7-14(3)21-18/h6-13H,4-5H2,1-3H3/b17-13-,22-20+. The number of aryl methyl sites for hydroxylation is 1. The predicted octanol–water partition coefficient (Wildman–Crippen LogP) is 4.41.